The van der Waals surface area contributed by atoms with Crippen molar-refractivity contribution in [3.05, 3.63) is 35.4 Å². The van der Waals surface area contributed by atoms with Gasteiger partial charge in [0.1, 0.15) is 0 Å². The third kappa shape index (κ3) is 5.35. The highest BCUT2D eigenvalue weighted by atomic mass is 16.5. The number of benzene rings is 1. The molecule has 0 aliphatic rings. The van der Waals surface area contributed by atoms with Gasteiger partial charge in [-0.1, -0.05) is 43.9 Å². The number of rotatable bonds is 7. The minimum absolute atomic E-state index is 0.00914. The van der Waals surface area contributed by atoms with Crippen LogP contribution in [0, 0.1) is 6.92 Å². The molecule has 1 aromatic rings. The van der Waals surface area contributed by atoms with Crippen LogP contribution in [0.1, 0.15) is 61.9 Å². The molecule has 1 aromatic carbocycles. The molecule has 2 heteroatoms. The number of ether oxygens (including phenoxy) is 1. The lowest BCUT2D eigenvalue weighted by atomic mass is 10.1. The van der Waals surface area contributed by atoms with E-state index in [1.54, 1.807) is 6.07 Å². The first-order chi connectivity index (χ1) is 8.63. The van der Waals surface area contributed by atoms with Gasteiger partial charge in [0.15, 0.2) is 0 Å². The average Bonchev–Trinajstić information content (AvgIpc) is 2.34. The van der Waals surface area contributed by atoms with Crippen LogP contribution in [0.2, 0.25) is 0 Å². The zero-order valence-corrected chi connectivity index (χ0v) is 11.7. The van der Waals surface area contributed by atoms with Gasteiger partial charge in [0, 0.05) is 0 Å². The Kier molecular flexibility index (Phi) is 6.48. The molecule has 0 heterocycles. The molecule has 0 aliphatic carbocycles. The van der Waals surface area contributed by atoms with Crippen LogP contribution in [-0.4, -0.2) is 12.1 Å². The molecule has 1 rings (SSSR count). The molecular weight excluding hydrogens is 224 g/mol. The van der Waals surface area contributed by atoms with Crippen molar-refractivity contribution in [3.8, 4) is 0 Å². The number of carbonyl (C=O) groups is 1. The van der Waals surface area contributed by atoms with E-state index in [1.807, 2.05) is 32.0 Å². The van der Waals surface area contributed by atoms with Crippen LogP contribution in [0.25, 0.3) is 0 Å². The molecule has 0 bridgehead atoms. The van der Waals surface area contributed by atoms with Crippen molar-refractivity contribution in [2.45, 2.75) is 59.0 Å². The third-order valence-corrected chi connectivity index (χ3v) is 3.03. The summed E-state index contributed by atoms with van der Waals surface area (Å²) >= 11 is 0. The highest BCUT2D eigenvalue weighted by Gasteiger charge is 2.11. The predicted octanol–water partition coefficient (Wildman–Crippen LogP) is 4.51. The summed E-state index contributed by atoms with van der Waals surface area (Å²) in [5.41, 5.74) is 1.73. The van der Waals surface area contributed by atoms with Gasteiger partial charge in [-0.2, -0.15) is 0 Å². The monoisotopic (exact) mass is 248 g/mol. The minimum atomic E-state index is -0.207. The first kappa shape index (κ1) is 14.7. The summed E-state index contributed by atoms with van der Waals surface area (Å²) < 4.78 is 5.43. The lowest BCUT2D eigenvalue weighted by molar-refractivity contribution is 0.0319. The van der Waals surface area contributed by atoms with Crippen molar-refractivity contribution in [1.29, 1.82) is 0 Å². The summed E-state index contributed by atoms with van der Waals surface area (Å²) in [7, 11) is 0. The summed E-state index contributed by atoms with van der Waals surface area (Å²) in [4.78, 5) is 11.9. The van der Waals surface area contributed by atoms with E-state index in [1.165, 1.54) is 19.3 Å². The highest BCUT2D eigenvalue weighted by Crippen LogP contribution is 2.11. The Balaban J connectivity index is 2.35. The van der Waals surface area contributed by atoms with E-state index < -0.39 is 0 Å². The van der Waals surface area contributed by atoms with Crippen LogP contribution in [0.5, 0.6) is 0 Å². The first-order valence-corrected chi connectivity index (χ1v) is 6.91. The van der Waals surface area contributed by atoms with Crippen molar-refractivity contribution >= 4 is 5.97 Å². The molecular formula is C16H24O2. The number of hydrogen-bond acceptors (Lipinski definition) is 2. The fourth-order valence-corrected chi connectivity index (χ4v) is 1.94. The molecule has 18 heavy (non-hydrogen) atoms. The van der Waals surface area contributed by atoms with Crippen LogP contribution in [0.15, 0.2) is 24.3 Å². The molecule has 0 saturated heterocycles. The van der Waals surface area contributed by atoms with Gasteiger partial charge in [-0.05, 0) is 38.8 Å². The van der Waals surface area contributed by atoms with Crippen LogP contribution < -0.4 is 0 Å². The Morgan fingerprint density at radius 2 is 2.06 bits per heavy atom. The SMILES string of the molecule is CCCCCC[C@@H](C)OC(=O)c1cccc(C)c1. The Labute approximate surface area is 110 Å². The van der Waals surface area contributed by atoms with Gasteiger partial charge in [-0.3, -0.25) is 0 Å². The normalized spacial score (nSPS) is 12.2. The number of aryl methyl sites for hydroxylation is 1. The van der Waals surface area contributed by atoms with Crippen molar-refractivity contribution in [2.24, 2.45) is 0 Å². The number of carbonyl (C=O) groups excluding carboxylic acids is 1. The molecule has 0 radical (unpaired) electrons. The first-order valence-electron chi connectivity index (χ1n) is 6.91. The molecule has 0 unspecified atom stereocenters. The lowest BCUT2D eigenvalue weighted by Crippen LogP contribution is -2.15. The van der Waals surface area contributed by atoms with Gasteiger partial charge in [-0.25, -0.2) is 4.79 Å². The maximum Gasteiger partial charge on any atom is 0.338 e. The predicted molar refractivity (Wildman–Crippen MR) is 74.8 cm³/mol. The number of hydrogen-bond donors (Lipinski definition) is 0. The fourth-order valence-electron chi connectivity index (χ4n) is 1.94. The van der Waals surface area contributed by atoms with E-state index in [0.717, 1.165) is 18.4 Å². The molecule has 2 nitrogen and oxygen atoms in total. The molecule has 0 aromatic heterocycles. The van der Waals surface area contributed by atoms with E-state index in [0.29, 0.717) is 5.56 Å². The van der Waals surface area contributed by atoms with Crippen molar-refractivity contribution in [1.82, 2.24) is 0 Å². The number of unbranched alkanes of at least 4 members (excludes halogenated alkanes) is 3. The molecule has 1 atom stereocenters. The number of esters is 1. The van der Waals surface area contributed by atoms with Crippen LogP contribution >= 0.6 is 0 Å². The maximum atomic E-state index is 11.9. The van der Waals surface area contributed by atoms with Gasteiger partial charge < -0.3 is 4.74 Å². The fraction of sp³-hybridized carbons (Fsp3) is 0.562. The van der Waals surface area contributed by atoms with Gasteiger partial charge in [0.2, 0.25) is 0 Å². The lowest BCUT2D eigenvalue weighted by Gasteiger charge is -2.13. The van der Waals surface area contributed by atoms with Gasteiger partial charge in [-0.15, -0.1) is 0 Å². The minimum Gasteiger partial charge on any atom is -0.459 e. The summed E-state index contributed by atoms with van der Waals surface area (Å²) in [6.07, 6.45) is 5.82. The van der Waals surface area contributed by atoms with E-state index in [4.69, 9.17) is 4.74 Å². The second-order valence-corrected chi connectivity index (χ2v) is 4.93. The quantitative estimate of drug-likeness (QED) is 0.524. The summed E-state index contributed by atoms with van der Waals surface area (Å²) in [6.45, 7) is 6.14. The third-order valence-electron chi connectivity index (χ3n) is 3.03. The molecule has 0 fully saturated rings. The molecule has 100 valence electrons. The van der Waals surface area contributed by atoms with Crippen molar-refractivity contribution in [2.75, 3.05) is 0 Å². The van der Waals surface area contributed by atoms with Gasteiger partial charge >= 0.3 is 5.97 Å². The maximum absolute atomic E-state index is 11.9. The van der Waals surface area contributed by atoms with Gasteiger partial charge in [0.25, 0.3) is 0 Å². The van der Waals surface area contributed by atoms with E-state index in [2.05, 4.69) is 6.92 Å². The summed E-state index contributed by atoms with van der Waals surface area (Å²) in [5, 5.41) is 0. The Hall–Kier alpha value is -1.31. The molecule has 0 aliphatic heterocycles. The topological polar surface area (TPSA) is 26.3 Å². The Morgan fingerprint density at radius 3 is 2.72 bits per heavy atom. The molecule has 0 amide bonds. The smallest absolute Gasteiger partial charge is 0.338 e. The Bertz CT molecular complexity index is 371. The molecule has 0 saturated carbocycles. The van der Waals surface area contributed by atoms with Crippen molar-refractivity contribution in [3.63, 3.8) is 0 Å². The summed E-state index contributed by atoms with van der Waals surface area (Å²) in [5.74, 6) is -0.207. The van der Waals surface area contributed by atoms with E-state index >= 15 is 0 Å². The second-order valence-electron chi connectivity index (χ2n) is 4.93. The van der Waals surface area contributed by atoms with Gasteiger partial charge in [0.05, 0.1) is 11.7 Å². The molecule has 0 N–H and O–H groups in total. The van der Waals surface area contributed by atoms with E-state index in [9.17, 15) is 4.79 Å². The zero-order chi connectivity index (χ0) is 13.4. The highest BCUT2D eigenvalue weighted by molar-refractivity contribution is 5.89. The average molecular weight is 248 g/mol. The van der Waals surface area contributed by atoms with Crippen molar-refractivity contribution < 1.29 is 9.53 Å². The van der Waals surface area contributed by atoms with Crippen LogP contribution in [-0.2, 0) is 4.74 Å². The standard InChI is InChI=1S/C16H24O2/c1-4-5-6-7-10-14(3)18-16(17)15-11-8-9-13(2)12-15/h8-9,11-12,14H,4-7,10H2,1-3H3/t14-/m1/s1. The molecule has 0 spiro atoms. The Morgan fingerprint density at radius 1 is 1.28 bits per heavy atom. The van der Waals surface area contributed by atoms with Crippen LogP contribution in [0.4, 0.5) is 0 Å². The van der Waals surface area contributed by atoms with E-state index in [-0.39, 0.29) is 12.1 Å². The zero-order valence-electron chi connectivity index (χ0n) is 11.7. The van der Waals surface area contributed by atoms with Crippen LogP contribution in [0.3, 0.4) is 0 Å². The largest absolute Gasteiger partial charge is 0.459 e. The second kappa shape index (κ2) is 7.91. The summed E-state index contributed by atoms with van der Waals surface area (Å²) in [6, 6.07) is 7.54.